The summed E-state index contributed by atoms with van der Waals surface area (Å²) in [5.41, 5.74) is 3.11. The lowest BCUT2D eigenvalue weighted by molar-refractivity contribution is 0.0566. The van der Waals surface area contributed by atoms with Gasteiger partial charge in [-0.3, -0.25) is 0 Å². The molecule has 1 unspecified atom stereocenters. The summed E-state index contributed by atoms with van der Waals surface area (Å²) in [6, 6.07) is 11.5. The van der Waals surface area contributed by atoms with E-state index in [4.69, 9.17) is 9.47 Å². The standard InChI is InChI=1S/C29H35FN2O2/c1-4-6-10-18-33-22(3)11-8-7-9-12-23-13-14-25(20-27(23)30)24-15-16-28-26(19-24)21-31-29(32-28)34-17-5-2/h5,9,12-16,19-22H,2,4,6-8,10-11,17-18H2,1,3H3. The number of allylic oxidation sites excluding steroid dienone is 1. The number of aromatic nitrogens is 2. The molecule has 0 aliphatic rings. The Balaban J connectivity index is 1.55. The molecule has 0 aliphatic carbocycles. The summed E-state index contributed by atoms with van der Waals surface area (Å²) in [4.78, 5) is 8.61. The topological polar surface area (TPSA) is 44.2 Å². The average Bonchev–Trinajstić information content (AvgIpc) is 2.85. The number of unbranched alkanes of at least 4 members (excludes halogenated alkanes) is 3. The molecular formula is C29H35FN2O2. The van der Waals surface area contributed by atoms with E-state index in [0.29, 0.717) is 18.2 Å². The highest BCUT2D eigenvalue weighted by molar-refractivity contribution is 5.84. The summed E-state index contributed by atoms with van der Waals surface area (Å²) < 4.78 is 26.0. The second-order valence-electron chi connectivity index (χ2n) is 8.48. The number of halogens is 1. The van der Waals surface area contributed by atoms with Crippen LogP contribution in [-0.2, 0) is 4.74 Å². The van der Waals surface area contributed by atoms with Gasteiger partial charge in [0.25, 0.3) is 0 Å². The zero-order valence-corrected chi connectivity index (χ0v) is 20.3. The molecule has 1 aromatic heterocycles. The predicted molar refractivity (Wildman–Crippen MR) is 138 cm³/mol. The fourth-order valence-electron chi connectivity index (χ4n) is 3.69. The van der Waals surface area contributed by atoms with Gasteiger partial charge in [0.1, 0.15) is 12.4 Å². The quantitative estimate of drug-likeness (QED) is 0.181. The van der Waals surface area contributed by atoms with Crippen molar-refractivity contribution in [2.24, 2.45) is 0 Å². The van der Waals surface area contributed by atoms with Gasteiger partial charge in [0.05, 0.1) is 11.6 Å². The van der Waals surface area contributed by atoms with Crippen molar-refractivity contribution in [3.8, 4) is 17.1 Å². The molecule has 0 saturated heterocycles. The molecule has 0 aliphatic heterocycles. The average molecular weight is 463 g/mol. The van der Waals surface area contributed by atoms with Crippen molar-refractivity contribution in [3.63, 3.8) is 0 Å². The molecular weight excluding hydrogens is 427 g/mol. The lowest BCUT2D eigenvalue weighted by Crippen LogP contribution is -2.08. The van der Waals surface area contributed by atoms with Gasteiger partial charge in [0.2, 0.25) is 0 Å². The van der Waals surface area contributed by atoms with Crippen LogP contribution in [0.5, 0.6) is 6.01 Å². The number of rotatable bonds is 14. The first-order valence-corrected chi connectivity index (χ1v) is 12.2. The van der Waals surface area contributed by atoms with Crippen molar-refractivity contribution in [2.45, 2.75) is 58.5 Å². The van der Waals surface area contributed by atoms with Crippen molar-refractivity contribution >= 4 is 17.0 Å². The van der Waals surface area contributed by atoms with E-state index in [1.54, 1.807) is 18.3 Å². The molecule has 1 heterocycles. The van der Waals surface area contributed by atoms with Crippen molar-refractivity contribution in [2.75, 3.05) is 13.2 Å². The molecule has 34 heavy (non-hydrogen) atoms. The van der Waals surface area contributed by atoms with Crippen LogP contribution in [0.1, 0.15) is 57.9 Å². The van der Waals surface area contributed by atoms with Gasteiger partial charge in [0.15, 0.2) is 0 Å². The van der Waals surface area contributed by atoms with E-state index in [1.165, 1.54) is 12.8 Å². The van der Waals surface area contributed by atoms with Crippen molar-refractivity contribution in [1.82, 2.24) is 9.97 Å². The smallest absolute Gasteiger partial charge is 0.317 e. The van der Waals surface area contributed by atoms with Gasteiger partial charge in [-0.15, -0.1) is 0 Å². The van der Waals surface area contributed by atoms with Crippen molar-refractivity contribution in [3.05, 3.63) is 72.7 Å². The minimum atomic E-state index is -0.231. The van der Waals surface area contributed by atoms with Gasteiger partial charge in [0, 0.05) is 23.8 Å². The van der Waals surface area contributed by atoms with Crippen LogP contribution in [0.25, 0.3) is 28.1 Å². The third kappa shape index (κ3) is 7.77. The molecule has 5 heteroatoms. The Morgan fingerprint density at radius 2 is 1.91 bits per heavy atom. The second-order valence-corrected chi connectivity index (χ2v) is 8.48. The molecule has 3 aromatic rings. The molecule has 0 fully saturated rings. The summed E-state index contributed by atoms with van der Waals surface area (Å²) in [6.45, 7) is 9.15. The van der Waals surface area contributed by atoms with Crippen LogP contribution in [-0.4, -0.2) is 29.3 Å². The van der Waals surface area contributed by atoms with Gasteiger partial charge in [-0.25, -0.2) is 9.37 Å². The van der Waals surface area contributed by atoms with Gasteiger partial charge in [-0.1, -0.05) is 62.8 Å². The summed E-state index contributed by atoms with van der Waals surface area (Å²) in [6.07, 6.45) is 14.1. The highest BCUT2D eigenvalue weighted by atomic mass is 19.1. The largest absolute Gasteiger partial charge is 0.459 e. The Hall–Kier alpha value is -3.05. The molecule has 0 spiro atoms. The number of benzene rings is 2. The zero-order chi connectivity index (χ0) is 24.2. The highest BCUT2D eigenvalue weighted by Crippen LogP contribution is 2.26. The summed E-state index contributed by atoms with van der Waals surface area (Å²) in [5, 5.41) is 0.872. The normalized spacial score (nSPS) is 12.3. The fourth-order valence-corrected chi connectivity index (χ4v) is 3.69. The van der Waals surface area contributed by atoms with Gasteiger partial charge in [-0.2, -0.15) is 4.98 Å². The predicted octanol–water partition coefficient (Wildman–Crippen LogP) is 7.78. The van der Waals surface area contributed by atoms with E-state index in [-0.39, 0.29) is 11.9 Å². The van der Waals surface area contributed by atoms with E-state index < -0.39 is 0 Å². The van der Waals surface area contributed by atoms with E-state index in [2.05, 4.69) is 30.4 Å². The maximum absolute atomic E-state index is 14.7. The van der Waals surface area contributed by atoms with Crippen molar-refractivity contribution < 1.29 is 13.9 Å². The third-order valence-corrected chi connectivity index (χ3v) is 5.65. The number of hydrogen-bond acceptors (Lipinski definition) is 4. The molecule has 3 rings (SSSR count). The first-order valence-electron chi connectivity index (χ1n) is 12.2. The van der Waals surface area contributed by atoms with Crippen molar-refractivity contribution in [1.29, 1.82) is 0 Å². The Morgan fingerprint density at radius 3 is 2.71 bits per heavy atom. The van der Waals surface area contributed by atoms with E-state index in [0.717, 1.165) is 54.3 Å². The monoisotopic (exact) mass is 462 g/mol. The zero-order valence-electron chi connectivity index (χ0n) is 20.3. The molecule has 0 N–H and O–H groups in total. The molecule has 0 saturated carbocycles. The lowest BCUT2D eigenvalue weighted by Gasteiger charge is -2.12. The lowest BCUT2D eigenvalue weighted by atomic mass is 10.0. The number of fused-ring (bicyclic) bond motifs is 1. The van der Waals surface area contributed by atoms with E-state index in [9.17, 15) is 4.39 Å². The first-order chi connectivity index (χ1) is 16.6. The maximum atomic E-state index is 14.7. The Kier molecular flexibility index (Phi) is 10.2. The second kappa shape index (κ2) is 13.6. The fraction of sp³-hybridized carbons (Fsp3) is 0.379. The Bertz CT molecular complexity index is 1100. The van der Waals surface area contributed by atoms with Gasteiger partial charge < -0.3 is 9.47 Å². The summed E-state index contributed by atoms with van der Waals surface area (Å²) >= 11 is 0. The van der Waals surface area contributed by atoms with Gasteiger partial charge >= 0.3 is 6.01 Å². The van der Waals surface area contributed by atoms with Crippen LogP contribution < -0.4 is 4.74 Å². The van der Waals surface area contributed by atoms with Crippen LogP contribution in [0, 0.1) is 5.82 Å². The minimum Gasteiger partial charge on any atom is -0.459 e. The Labute approximate surface area is 202 Å². The number of hydrogen-bond donors (Lipinski definition) is 0. The highest BCUT2D eigenvalue weighted by Gasteiger charge is 2.07. The molecule has 2 aromatic carbocycles. The summed E-state index contributed by atoms with van der Waals surface area (Å²) in [7, 11) is 0. The van der Waals surface area contributed by atoms with Crippen LogP contribution in [0.15, 0.2) is 61.3 Å². The molecule has 1 atom stereocenters. The number of nitrogens with zero attached hydrogens (tertiary/aromatic N) is 2. The Morgan fingerprint density at radius 1 is 1.09 bits per heavy atom. The van der Waals surface area contributed by atoms with Crippen LogP contribution >= 0.6 is 0 Å². The van der Waals surface area contributed by atoms with E-state index >= 15 is 0 Å². The maximum Gasteiger partial charge on any atom is 0.317 e. The molecule has 0 radical (unpaired) electrons. The first kappa shape index (κ1) is 25.6. The van der Waals surface area contributed by atoms with Gasteiger partial charge in [-0.05, 0) is 61.9 Å². The molecule has 180 valence electrons. The minimum absolute atomic E-state index is 0.231. The molecule has 0 bridgehead atoms. The molecule has 0 amide bonds. The third-order valence-electron chi connectivity index (χ3n) is 5.65. The van der Waals surface area contributed by atoms with Crippen LogP contribution in [0.4, 0.5) is 4.39 Å². The summed E-state index contributed by atoms with van der Waals surface area (Å²) in [5.74, 6) is -0.231. The molecule has 4 nitrogen and oxygen atoms in total. The van der Waals surface area contributed by atoms with Crippen LogP contribution in [0.2, 0.25) is 0 Å². The van der Waals surface area contributed by atoms with E-state index in [1.807, 2.05) is 42.5 Å². The number of ether oxygens (including phenoxy) is 2. The van der Waals surface area contributed by atoms with Crippen LogP contribution in [0.3, 0.4) is 0 Å². The SMILES string of the molecule is C=CCOc1ncc2cc(-c3ccc(C=CCCCC(C)OCCCCC)c(F)c3)ccc2n1.